The molecule has 0 spiro atoms. The fourth-order valence-electron chi connectivity index (χ4n) is 2.24. The summed E-state index contributed by atoms with van der Waals surface area (Å²) in [6, 6.07) is 0. The molecule has 0 unspecified atom stereocenters. The normalized spacial score (nSPS) is 19.6. The lowest BCUT2D eigenvalue weighted by Gasteiger charge is -2.37. The van der Waals surface area contributed by atoms with Gasteiger partial charge in [-0.05, 0) is 47.1 Å². The maximum Gasteiger partial charge on any atom is 0.303 e. The molecular formula is C18H29BrO4Si. The smallest absolute Gasteiger partial charge is 0.303 e. The van der Waals surface area contributed by atoms with Crippen LogP contribution in [0.3, 0.4) is 0 Å². The third-order valence-electron chi connectivity index (χ3n) is 4.70. The average molecular weight is 417 g/mol. The van der Waals surface area contributed by atoms with Crippen molar-refractivity contribution >= 4 is 36.0 Å². The molecule has 1 atom stereocenters. The number of aliphatic carboxylic acids is 1. The number of carbonyl (C=O) groups excluding carboxylic acids is 1. The molecule has 24 heavy (non-hydrogen) atoms. The molecule has 0 heterocycles. The van der Waals surface area contributed by atoms with Crippen molar-refractivity contribution in [3.8, 4) is 0 Å². The van der Waals surface area contributed by atoms with Gasteiger partial charge in [-0.25, -0.2) is 0 Å². The lowest BCUT2D eigenvalue weighted by molar-refractivity contribution is -0.137. The lowest BCUT2D eigenvalue weighted by atomic mass is 10.1. The molecule has 0 amide bonds. The van der Waals surface area contributed by atoms with Crippen molar-refractivity contribution in [2.75, 3.05) is 0 Å². The minimum atomic E-state index is -1.88. The molecular weight excluding hydrogens is 388 g/mol. The van der Waals surface area contributed by atoms with E-state index >= 15 is 0 Å². The van der Waals surface area contributed by atoms with Gasteiger partial charge in [0.2, 0.25) is 0 Å². The van der Waals surface area contributed by atoms with E-state index in [4.69, 9.17) is 9.53 Å². The van der Waals surface area contributed by atoms with Crippen LogP contribution in [-0.2, 0) is 14.0 Å². The Balaban J connectivity index is 2.61. The molecule has 0 aromatic rings. The molecule has 0 saturated heterocycles. The first kappa shape index (κ1) is 21.3. The van der Waals surface area contributed by atoms with E-state index in [1.807, 2.05) is 12.2 Å². The summed E-state index contributed by atoms with van der Waals surface area (Å²) in [4.78, 5) is 22.7. The van der Waals surface area contributed by atoms with E-state index in [-0.39, 0.29) is 23.3 Å². The maximum absolute atomic E-state index is 12.2. The molecule has 4 nitrogen and oxygen atoms in total. The highest BCUT2D eigenvalue weighted by atomic mass is 79.9. The molecule has 1 rings (SSSR count). The van der Waals surface area contributed by atoms with Gasteiger partial charge in [-0.15, -0.1) is 0 Å². The van der Waals surface area contributed by atoms with E-state index in [0.717, 1.165) is 10.1 Å². The van der Waals surface area contributed by atoms with Crippen LogP contribution in [0.5, 0.6) is 0 Å². The predicted molar refractivity (Wildman–Crippen MR) is 103 cm³/mol. The molecule has 0 aromatic carbocycles. The Kier molecular flexibility index (Phi) is 7.63. The van der Waals surface area contributed by atoms with Crippen LogP contribution < -0.4 is 0 Å². The second-order valence-electron chi connectivity index (χ2n) is 7.85. The van der Waals surface area contributed by atoms with E-state index in [9.17, 15) is 9.59 Å². The summed E-state index contributed by atoms with van der Waals surface area (Å²) in [6.45, 7) is 11.0. The van der Waals surface area contributed by atoms with E-state index in [1.54, 1.807) is 0 Å². The summed E-state index contributed by atoms with van der Waals surface area (Å²) < 4.78 is 7.24. The summed E-state index contributed by atoms with van der Waals surface area (Å²) >= 11 is 3.48. The second-order valence-corrected chi connectivity index (χ2v) is 13.6. The number of carbonyl (C=O) groups is 2. The second kappa shape index (κ2) is 8.58. The summed E-state index contributed by atoms with van der Waals surface area (Å²) in [6.07, 6.45) is 6.27. The number of allylic oxidation sites excluding steroid dienone is 3. The SMILES string of the molecule is CC(C)(C)[Si](C)(C)O[C@H]1C=C(C/C(Br)=C/CCCC(=O)O)C(=O)C1. The zero-order chi connectivity index (χ0) is 18.5. The number of carboxylic acid groups (broad SMARTS) is 1. The minimum absolute atomic E-state index is 0.110. The molecule has 0 saturated carbocycles. The molecule has 0 aliphatic heterocycles. The minimum Gasteiger partial charge on any atom is -0.481 e. The Labute approximate surface area is 154 Å². The highest BCUT2D eigenvalue weighted by Crippen LogP contribution is 2.39. The van der Waals surface area contributed by atoms with Crippen molar-refractivity contribution in [3.63, 3.8) is 0 Å². The molecule has 136 valence electrons. The first-order valence-corrected chi connectivity index (χ1v) is 12.1. The fraction of sp³-hybridized carbons (Fsp3) is 0.667. The van der Waals surface area contributed by atoms with Gasteiger partial charge in [0.25, 0.3) is 0 Å². The van der Waals surface area contributed by atoms with Crippen LogP contribution in [-0.4, -0.2) is 31.3 Å². The van der Waals surface area contributed by atoms with Crippen molar-refractivity contribution in [1.29, 1.82) is 0 Å². The van der Waals surface area contributed by atoms with Crippen molar-refractivity contribution < 1.29 is 19.1 Å². The van der Waals surface area contributed by atoms with Gasteiger partial charge in [0.1, 0.15) is 0 Å². The maximum atomic E-state index is 12.2. The lowest BCUT2D eigenvalue weighted by Crippen LogP contribution is -2.43. The molecule has 1 N–H and O–H groups in total. The van der Waals surface area contributed by atoms with Crippen LogP contribution in [0.2, 0.25) is 18.1 Å². The highest BCUT2D eigenvalue weighted by molar-refractivity contribution is 9.11. The van der Waals surface area contributed by atoms with Crippen LogP contribution in [0.15, 0.2) is 22.2 Å². The molecule has 6 heteroatoms. The fourth-order valence-corrected chi connectivity index (χ4v) is 4.04. The van der Waals surface area contributed by atoms with E-state index in [2.05, 4.69) is 49.8 Å². The van der Waals surface area contributed by atoms with Gasteiger partial charge in [-0.2, -0.15) is 0 Å². The van der Waals surface area contributed by atoms with Gasteiger partial charge in [0.15, 0.2) is 14.1 Å². The van der Waals surface area contributed by atoms with Crippen molar-refractivity contribution in [1.82, 2.24) is 0 Å². The van der Waals surface area contributed by atoms with Crippen molar-refractivity contribution in [2.45, 2.75) is 77.1 Å². The van der Waals surface area contributed by atoms with Gasteiger partial charge < -0.3 is 9.53 Å². The van der Waals surface area contributed by atoms with Gasteiger partial charge in [-0.1, -0.05) is 42.8 Å². The van der Waals surface area contributed by atoms with Crippen LogP contribution in [0.4, 0.5) is 0 Å². The number of hydrogen-bond acceptors (Lipinski definition) is 3. The van der Waals surface area contributed by atoms with E-state index in [1.165, 1.54) is 0 Å². The Hall–Kier alpha value is -0.723. The van der Waals surface area contributed by atoms with Gasteiger partial charge in [-0.3, -0.25) is 9.59 Å². The first-order chi connectivity index (χ1) is 10.9. The van der Waals surface area contributed by atoms with Crippen LogP contribution >= 0.6 is 15.9 Å². The standard InChI is InChI=1S/C18H29BrO4Si/c1-18(2,3)24(4,5)23-15-11-13(16(20)12-15)10-14(19)8-6-7-9-17(21)22/h8,11,15H,6-7,9-10,12H2,1-5H3,(H,21,22)/b14-8-/t15-/m0/s1. The van der Waals surface area contributed by atoms with Gasteiger partial charge >= 0.3 is 5.97 Å². The van der Waals surface area contributed by atoms with Crippen LogP contribution in [0.1, 0.15) is 52.9 Å². The summed E-state index contributed by atoms with van der Waals surface area (Å²) in [7, 11) is -1.88. The molecule has 0 bridgehead atoms. The first-order valence-electron chi connectivity index (χ1n) is 8.40. The monoisotopic (exact) mass is 416 g/mol. The Bertz CT molecular complexity index is 544. The van der Waals surface area contributed by atoms with E-state index < -0.39 is 14.3 Å². The van der Waals surface area contributed by atoms with Crippen LogP contribution in [0, 0.1) is 0 Å². The molecule has 0 fully saturated rings. The molecule has 1 aliphatic carbocycles. The number of carboxylic acids is 1. The van der Waals surface area contributed by atoms with E-state index in [0.29, 0.717) is 25.7 Å². The number of hydrogen-bond donors (Lipinski definition) is 1. The average Bonchev–Trinajstić information content (AvgIpc) is 2.72. The quantitative estimate of drug-likeness (QED) is 0.436. The molecule has 1 aliphatic rings. The zero-order valence-electron chi connectivity index (χ0n) is 15.3. The Morgan fingerprint density at radius 2 is 2.08 bits per heavy atom. The Morgan fingerprint density at radius 1 is 1.46 bits per heavy atom. The van der Waals surface area contributed by atoms with Crippen LogP contribution in [0.25, 0.3) is 0 Å². The third kappa shape index (κ3) is 6.65. The number of halogens is 1. The topological polar surface area (TPSA) is 63.6 Å². The van der Waals surface area contributed by atoms with Crippen molar-refractivity contribution in [3.05, 3.63) is 22.2 Å². The number of rotatable bonds is 8. The summed E-state index contributed by atoms with van der Waals surface area (Å²) in [5, 5.41) is 8.75. The van der Waals surface area contributed by atoms with Crippen molar-refractivity contribution in [2.24, 2.45) is 0 Å². The summed E-state index contributed by atoms with van der Waals surface area (Å²) in [5.74, 6) is -0.631. The third-order valence-corrected chi connectivity index (χ3v) is 9.81. The van der Waals surface area contributed by atoms with Gasteiger partial charge in [0.05, 0.1) is 6.10 Å². The largest absolute Gasteiger partial charge is 0.481 e. The zero-order valence-corrected chi connectivity index (χ0v) is 17.9. The number of unbranched alkanes of at least 4 members (excludes halogenated alkanes) is 1. The Morgan fingerprint density at radius 3 is 2.62 bits per heavy atom. The molecule has 0 radical (unpaired) electrons. The number of ketones is 1. The number of Topliss-reactive ketones (excluding diaryl/α,β-unsaturated/α-hetero) is 1. The predicted octanol–water partition coefficient (Wildman–Crippen LogP) is 5.20. The van der Waals surface area contributed by atoms with Gasteiger partial charge in [0, 0.05) is 19.3 Å². The molecule has 0 aromatic heterocycles. The highest BCUT2D eigenvalue weighted by Gasteiger charge is 2.40. The summed E-state index contributed by atoms with van der Waals surface area (Å²) in [5.41, 5.74) is 0.792.